The maximum Gasteiger partial charge on any atom is 0.220 e. The van der Waals surface area contributed by atoms with Crippen LogP contribution in [0, 0.1) is 0 Å². The van der Waals surface area contributed by atoms with Crippen LogP contribution in [-0.2, 0) is 14.3 Å². The summed E-state index contributed by atoms with van der Waals surface area (Å²) in [6, 6.07) is -0.704. The number of carbonyl (C=O) groups excluding carboxylic acids is 1. The smallest absolute Gasteiger partial charge is 0.220 e. The molecule has 7 atom stereocenters. The Morgan fingerprint density at radius 1 is 0.811 bits per heavy atom. The molecule has 0 radical (unpaired) electrons. The summed E-state index contributed by atoms with van der Waals surface area (Å²) in [5.74, 6) is -0.158. The molecule has 0 aromatic carbocycles. The lowest BCUT2D eigenvalue weighted by molar-refractivity contribution is -0.302. The molecule has 0 saturated carbocycles. The zero-order valence-electron chi connectivity index (χ0n) is 23.2. The molecular weight excluding hydrogens is 478 g/mol. The van der Waals surface area contributed by atoms with Gasteiger partial charge in [0.1, 0.15) is 24.4 Å². The highest BCUT2D eigenvalue weighted by Crippen LogP contribution is 2.22. The summed E-state index contributed by atoms with van der Waals surface area (Å²) in [5, 5.41) is 53.2. The van der Waals surface area contributed by atoms with Gasteiger partial charge in [0.2, 0.25) is 5.91 Å². The first kappa shape index (κ1) is 34.2. The number of unbranched alkanes of at least 4 members (excludes halogenated alkanes) is 12. The molecule has 7 unspecified atom stereocenters. The molecule has 1 amide bonds. The number of aliphatic hydroxyl groups excluding tert-OH is 5. The van der Waals surface area contributed by atoms with Crippen LogP contribution < -0.4 is 5.32 Å². The fourth-order valence-corrected chi connectivity index (χ4v) is 4.69. The molecule has 1 rings (SSSR count). The SMILES string of the molecule is CCCCCCCCCCCCC(=O)NC(COC1OC(CO)C(O)C(O)C1O)C(O)CCCCCC. The van der Waals surface area contributed by atoms with Gasteiger partial charge < -0.3 is 40.3 Å². The molecule has 1 aliphatic heterocycles. The van der Waals surface area contributed by atoms with Crippen LogP contribution in [0.3, 0.4) is 0 Å². The van der Waals surface area contributed by atoms with Crippen molar-refractivity contribution in [1.82, 2.24) is 5.32 Å². The Hall–Kier alpha value is -0.810. The topological polar surface area (TPSA) is 149 Å². The van der Waals surface area contributed by atoms with Crippen LogP contribution in [0.15, 0.2) is 0 Å². The van der Waals surface area contributed by atoms with Crippen LogP contribution in [0.25, 0.3) is 0 Å². The van der Waals surface area contributed by atoms with Crippen LogP contribution in [0.4, 0.5) is 0 Å². The zero-order chi connectivity index (χ0) is 27.5. The zero-order valence-corrected chi connectivity index (χ0v) is 23.2. The summed E-state index contributed by atoms with van der Waals surface area (Å²) < 4.78 is 11.0. The van der Waals surface area contributed by atoms with Crippen molar-refractivity contribution in [3.63, 3.8) is 0 Å². The minimum Gasteiger partial charge on any atom is -0.394 e. The lowest BCUT2D eigenvalue weighted by Crippen LogP contribution is -2.60. The van der Waals surface area contributed by atoms with Crippen LogP contribution in [0.2, 0.25) is 0 Å². The predicted molar refractivity (Wildman–Crippen MR) is 143 cm³/mol. The fourth-order valence-electron chi connectivity index (χ4n) is 4.69. The summed E-state index contributed by atoms with van der Waals surface area (Å²) in [6.07, 6.45) is 8.91. The Labute approximate surface area is 223 Å². The molecule has 0 aliphatic carbocycles. The summed E-state index contributed by atoms with van der Waals surface area (Å²) in [5.41, 5.74) is 0. The first-order chi connectivity index (χ1) is 17.8. The third-order valence-electron chi connectivity index (χ3n) is 7.21. The Morgan fingerprint density at radius 3 is 1.92 bits per heavy atom. The second-order valence-electron chi connectivity index (χ2n) is 10.6. The van der Waals surface area contributed by atoms with E-state index in [2.05, 4.69) is 19.2 Å². The Balaban J connectivity index is 2.48. The third-order valence-corrected chi connectivity index (χ3v) is 7.21. The Kier molecular flexibility index (Phi) is 19.5. The van der Waals surface area contributed by atoms with E-state index in [-0.39, 0.29) is 12.5 Å². The van der Waals surface area contributed by atoms with Gasteiger partial charge in [-0.05, 0) is 12.8 Å². The van der Waals surface area contributed by atoms with Crippen LogP contribution in [-0.4, -0.2) is 87.5 Å². The van der Waals surface area contributed by atoms with E-state index in [9.17, 15) is 30.3 Å². The van der Waals surface area contributed by atoms with Crippen LogP contribution >= 0.6 is 0 Å². The van der Waals surface area contributed by atoms with Crippen molar-refractivity contribution in [3.05, 3.63) is 0 Å². The highest BCUT2D eigenvalue weighted by molar-refractivity contribution is 5.76. The molecule has 6 N–H and O–H groups in total. The van der Waals surface area contributed by atoms with Crippen LogP contribution in [0.5, 0.6) is 0 Å². The van der Waals surface area contributed by atoms with Gasteiger partial charge in [0.25, 0.3) is 0 Å². The molecule has 1 aliphatic rings. The first-order valence-corrected chi connectivity index (χ1v) is 14.7. The van der Waals surface area contributed by atoms with Crippen molar-refractivity contribution < 1.29 is 39.8 Å². The molecule has 0 spiro atoms. The lowest BCUT2D eigenvalue weighted by Gasteiger charge is -2.40. The summed E-state index contributed by atoms with van der Waals surface area (Å²) in [6.45, 7) is 3.65. The molecule has 1 fully saturated rings. The van der Waals surface area contributed by atoms with E-state index in [1.54, 1.807) is 0 Å². The third kappa shape index (κ3) is 14.2. The quantitative estimate of drug-likeness (QED) is 0.116. The number of nitrogens with one attached hydrogen (secondary N) is 1. The second-order valence-corrected chi connectivity index (χ2v) is 10.6. The molecule has 9 heteroatoms. The van der Waals surface area contributed by atoms with Gasteiger partial charge in [-0.2, -0.15) is 0 Å². The highest BCUT2D eigenvalue weighted by Gasteiger charge is 2.44. The largest absolute Gasteiger partial charge is 0.394 e. The van der Waals surface area contributed by atoms with Crippen molar-refractivity contribution in [2.45, 2.75) is 159 Å². The number of ether oxygens (including phenoxy) is 2. The molecule has 220 valence electrons. The van der Waals surface area contributed by atoms with Gasteiger partial charge in [-0.1, -0.05) is 97.3 Å². The minimum atomic E-state index is -1.54. The van der Waals surface area contributed by atoms with Gasteiger partial charge in [-0.25, -0.2) is 0 Å². The van der Waals surface area contributed by atoms with Gasteiger partial charge in [-0.3, -0.25) is 4.79 Å². The molecule has 0 aromatic rings. The molecule has 0 bridgehead atoms. The van der Waals surface area contributed by atoms with Crippen molar-refractivity contribution in [2.24, 2.45) is 0 Å². The number of amides is 1. The van der Waals surface area contributed by atoms with Crippen molar-refractivity contribution in [3.8, 4) is 0 Å². The highest BCUT2D eigenvalue weighted by atomic mass is 16.7. The van der Waals surface area contributed by atoms with Crippen molar-refractivity contribution in [2.75, 3.05) is 13.2 Å². The molecular formula is C28H55NO8. The van der Waals surface area contributed by atoms with Crippen molar-refractivity contribution in [1.29, 1.82) is 0 Å². The predicted octanol–water partition coefficient (Wildman–Crippen LogP) is 2.93. The van der Waals surface area contributed by atoms with Crippen molar-refractivity contribution >= 4 is 5.91 Å². The lowest BCUT2D eigenvalue weighted by atomic mass is 9.99. The molecule has 1 saturated heterocycles. The van der Waals surface area contributed by atoms with E-state index in [4.69, 9.17) is 9.47 Å². The standard InChI is InChI=1S/C28H55NO8/c1-3-5-7-9-10-11-12-13-14-16-18-24(32)29-21(22(31)17-15-8-6-4-2)20-36-28-27(35)26(34)25(33)23(19-30)37-28/h21-23,25-28,30-31,33-35H,3-20H2,1-2H3,(H,29,32). The molecule has 0 aromatic heterocycles. The number of carbonyl (C=O) groups is 1. The second kappa shape index (κ2) is 21.1. The average molecular weight is 534 g/mol. The van der Waals surface area contributed by atoms with Gasteiger partial charge in [0, 0.05) is 6.42 Å². The number of aliphatic hydroxyl groups is 5. The molecule has 37 heavy (non-hydrogen) atoms. The van der Waals surface area contributed by atoms with Gasteiger partial charge in [-0.15, -0.1) is 0 Å². The Bertz CT molecular complexity index is 564. The van der Waals surface area contributed by atoms with E-state index in [0.29, 0.717) is 12.8 Å². The van der Waals surface area contributed by atoms with E-state index in [0.717, 1.165) is 44.9 Å². The monoisotopic (exact) mass is 533 g/mol. The van der Waals surface area contributed by atoms with E-state index in [1.807, 2.05) is 0 Å². The normalized spacial score (nSPS) is 25.6. The van der Waals surface area contributed by atoms with E-state index < -0.39 is 49.5 Å². The summed E-state index contributed by atoms with van der Waals surface area (Å²) >= 11 is 0. The summed E-state index contributed by atoms with van der Waals surface area (Å²) in [4.78, 5) is 12.6. The number of rotatable bonds is 22. The summed E-state index contributed by atoms with van der Waals surface area (Å²) in [7, 11) is 0. The maximum atomic E-state index is 12.6. The van der Waals surface area contributed by atoms with Crippen LogP contribution in [0.1, 0.15) is 117 Å². The Morgan fingerprint density at radius 2 is 1.35 bits per heavy atom. The fraction of sp³-hybridized carbons (Fsp3) is 0.964. The molecule has 1 heterocycles. The van der Waals surface area contributed by atoms with E-state index in [1.165, 1.54) is 44.9 Å². The average Bonchev–Trinajstić information content (AvgIpc) is 2.89. The van der Waals surface area contributed by atoms with E-state index >= 15 is 0 Å². The first-order valence-electron chi connectivity index (χ1n) is 14.7. The minimum absolute atomic E-state index is 0.137. The van der Waals surface area contributed by atoms with Gasteiger partial charge in [0.05, 0.1) is 25.4 Å². The number of hydrogen-bond acceptors (Lipinski definition) is 8. The maximum absolute atomic E-state index is 12.6. The van der Waals surface area contributed by atoms with Gasteiger partial charge >= 0.3 is 0 Å². The number of hydrogen-bond donors (Lipinski definition) is 6. The van der Waals surface area contributed by atoms with Gasteiger partial charge in [0.15, 0.2) is 6.29 Å². The molecule has 9 nitrogen and oxygen atoms in total.